The first kappa shape index (κ1) is 13.8. The van der Waals surface area contributed by atoms with Crippen LogP contribution < -0.4 is 9.64 Å². The first-order valence-corrected chi connectivity index (χ1v) is 6.20. The summed E-state index contributed by atoms with van der Waals surface area (Å²) in [5.74, 6) is 0.128. The lowest BCUT2D eigenvalue weighted by atomic mass is 10.1. The topological polar surface area (TPSA) is 46.6 Å². The highest BCUT2D eigenvalue weighted by Crippen LogP contribution is 2.20. The van der Waals surface area contributed by atoms with Crippen molar-refractivity contribution in [3.8, 4) is 5.75 Å². The zero-order valence-corrected chi connectivity index (χ0v) is 11.4. The van der Waals surface area contributed by atoms with Crippen molar-refractivity contribution in [2.24, 2.45) is 0 Å². The Morgan fingerprint density at radius 1 is 0.950 bits per heavy atom. The Morgan fingerprint density at radius 2 is 1.55 bits per heavy atom. The summed E-state index contributed by atoms with van der Waals surface area (Å²) in [6.45, 7) is 1.44. The third kappa shape index (κ3) is 3.03. The summed E-state index contributed by atoms with van der Waals surface area (Å²) < 4.78 is 5.29. The van der Waals surface area contributed by atoms with Crippen LogP contribution in [0.3, 0.4) is 0 Å². The number of hydrogen-bond donors (Lipinski definition) is 0. The maximum atomic E-state index is 12.1. The summed E-state index contributed by atoms with van der Waals surface area (Å²) in [6, 6.07) is 15.8. The number of carbonyl (C=O) groups excluding carboxylic acids is 2. The van der Waals surface area contributed by atoms with E-state index in [4.69, 9.17) is 4.74 Å². The standard InChI is InChI=1S/C16H15NO3/c1-12(18)14-10-6-7-11-15(14)20-16(19)17(2)13-8-4-3-5-9-13/h3-11H,1-2H3. The number of Topliss-reactive ketones (excluding diaryl/α,β-unsaturated/α-hetero) is 1. The van der Waals surface area contributed by atoms with Crippen LogP contribution in [0.4, 0.5) is 10.5 Å². The van der Waals surface area contributed by atoms with Crippen molar-refractivity contribution in [3.63, 3.8) is 0 Å². The van der Waals surface area contributed by atoms with Crippen LogP contribution in [-0.2, 0) is 0 Å². The number of amides is 1. The van der Waals surface area contributed by atoms with Crippen molar-refractivity contribution in [2.75, 3.05) is 11.9 Å². The van der Waals surface area contributed by atoms with Crippen LogP contribution in [0.5, 0.6) is 5.75 Å². The Hall–Kier alpha value is -2.62. The van der Waals surface area contributed by atoms with Gasteiger partial charge in [-0.25, -0.2) is 4.79 Å². The summed E-state index contributed by atoms with van der Waals surface area (Å²) in [7, 11) is 1.62. The van der Waals surface area contributed by atoms with Gasteiger partial charge in [-0.3, -0.25) is 9.69 Å². The van der Waals surface area contributed by atoms with Gasteiger partial charge in [0.1, 0.15) is 5.75 Å². The smallest absolute Gasteiger partial charge is 0.409 e. The summed E-state index contributed by atoms with van der Waals surface area (Å²) >= 11 is 0. The number of hydrogen-bond acceptors (Lipinski definition) is 3. The monoisotopic (exact) mass is 269 g/mol. The third-order valence-corrected chi connectivity index (χ3v) is 2.88. The Labute approximate surface area is 117 Å². The molecule has 0 radical (unpaired) electrons. The van der Waals surface area contributed by atoms with E-state index in [-0.39, 0.29) is 11.5 Å². The fourth-order valence-corrected chi connectivity index (χ4v) is 1.77. The van der Waals surface area contributed by atoms with Crippen LogP contribution in [0.15, 0.2) is 54.6 Å². The molecule has 0 aromatic heterocycles. The molecule has 0 aliphatic carbocycles. The molecule has 0 atom stereocenters. The van der Waals surface area contributed by atoms with E-state index < -0.39 is 6.09 Å². The highest BCUT2D eigenvalue weighted by Gasteiger charge is 2.16. The lowest BCUT2D eigenvalue weighted by Crippen LogP contribution is -2.29. The molecule has 0 saturated carbocycles. The van der Waals surface area contributed by atoms with E-state index in [2.05, 4.69) is 0 Å². The average molecular weight is 269 g/mol. The lowest BCUT2D eigenvalue weighted by Gasteiger charge is -2.17. The number of ketones is 1. The number of ether oxygens (including phenoxy) is 1. The van der Waals surface area contributed by atoms with Crippen molar-refractivity contribution < 1.29 is 14.3 Å². The second-order valence-electron chi connectivity index (χ2n) is 4.31. The maximum absolute atomic E-state index is 12.1. The Morgan fingerprint density at radius 3 is 2.20 bits per heavy atom. The van der Waals surface area contributed by atoms with E-state index in [0.29, 0.717) is 5.56 Å². The van der Waals surface area contributed by atoms with Gasteiger partial charge in [0.2, 0.25) is 0 Å². The summed E-state index contributed by atoms with van der Waals surface area (Å²) in [4.78, 5) is 24.9. The molecule has 0 N–H and O–H groups in total. The molecule has 0 aliphatic rings. The van der Waals surface area contributed by atoms with Gasteiger partial charge in [-0.15, -0.1) is 0 Å². The molecule has 2 rings (SSSR count). The predicted molar refractivity (Wildman–Crippen MR) is 77.3 cm³/mol. The number of rotatable bonds is 3. The minimum Gasteiger partial charge on any atom is -0.409 e. The van der Waals surface area contributed by atoms with Gasteiger partial charge in [-0.1, -0.05) is 30.3 Å². The molecular weight excluding hydrogens is 254 g/mol. The van der Waals surface area contributed by atoms with Gasteiger partial charge < -0.3 is 4.74 Å². The highest BCUT2D eigenvalue weighted by atomic mass is 16.6. The minimum absolute atomic E-state index is 0.143. The quantitative estimate of drug-likeness (QED) is 0.801. The number of nitrogens with zero attached hydrogens (tertiary/aromatic N) is 1. The van der Waals surface area contributed by atoms with Gasteiger partial charge in [0.25, 0.3) is 0 Å². The molecule has 2 aromatic carbocycles. The lowest BCUT2D eigenvalue weighted by molar-refractivity contribution is 0.101. The first-order valence-electron chi connectivity index (χ1n) is 6.20. The Kier molecular flexibility index (Phi) is 4.15. The van der Waals surface area contributed by atoms with Crippen LogP contribution in [0.25, 0.3) is 0 Å². The van der Waals surface area contributed by atoms with Gasteiger partial charge >= 0.3 is 6.09 Å². The number of benzene rings is 2. The number of para-hydroxylation sites is 2. The predicted octanol–water partition coefficient (Wildman–Crippen LogP) is 3.52. The van der Waals surface area contributed by atoms with Crippen molar-refractivity contribution >= 4 is 17.6 Å². The molecule has 0 heterocycles. The maximum Gasteiger partial charge on any atom is 0.419 e. The summed E-state index contributed by atoms with van der Waals surface area (Å²) in [5.41, 5.74) is 1.11. The molecular formula is C16H15NO3. The van der Waals surface area contributed by atoms with Crippen molar-refractivity contribution in [2.45, 2.75) is 6.92 Å². The fourth-order valence-electron chi connectivity index (χ4n) is 1.77. The second-order valence-corrected chi connectivity index (χ2v) is 4.31. The van der Waals surface area contributed by atoms with Crippen molar-refractivity contribution in [3.05, 3.63) is 60.2 Å². The van der Waals surface area contributed by atoms with Gasteiger partial charge in [0, 0.05) is 12.7 Å². The molecule has 4 heteroatoms. The van der Waals surface area contributed by atoms with E-state index in [0.717, 1.165) is 5.69 Å². The SMILES string of the molecule is CC(=O)c1ccccc1OC(=O)N(C)c1ccccc1. The van der Waals surface area contributed by atoms with Crippen LogP contribution >= 0.6 is 0 Å². The Balaban J connectivity index is 2.18. The van der Waals surface area contributed by atoms with Crippen LogP contribution in [0, 0.1) is 0 Å². The molecule has 0 unspecified atom stereocenters. The molecule has 2 aromatic rings. The van der Waals surface area contributed by atoms with E-state index in [9.17, 15) is 9.59 Å². The molecule has 20 heavy (non-hydrogen) atoms. The molecule has 0 aliphatic heterocycles. The normalized spacial score (nSPS) is 9.90. The van der Waals surface area contributed by atoms with Crippen molar-refractivity contribution in [1.82, 2.24) is 0 Å². The minimum atomic E-state index is -0.537. The van der Waals surface area contributed by atoms with Gasteiger partial charge in [0.05, 0.1) is 5.56 Å². The average Bonchev–Trinajstić information content (AvgIpc) is 2.47. The van der Waals surface area contributed by atoms with Crippen molar-refractivity contribution in [1.29, 1.82) is 0 Å². The first-order chi connectivity index (χ1) is 9.59. The molecule has 0 saturated heterocycles. The fraction of sp³-hybridized carbons (Fsp3) is 0.125. The summed E-state index contributed by atoms with van der Waals surface area (Å²) in [5, 5.41) is 0. The second kappa shape index (κ2) is 6.02. The van der Waals surface area contributed by atoms with Gasteiger partial charge in [0.15, 0.2) is 5.78 Å². The van der Waals surface area contributed by atoms with E-state index in [1.54, 1.807) is 43.4 Å². The van der Waals surface area contributed by atoms with Crippen LogP contribution in [-0.4, -0.2) is 18.9 Å². The van der Waals surface area contributed by atoms with E-state index in [1.165, 1.54) is 11.8 Å². The molecule has 102 valence electrons. The molecule has 4 nitrogen and oxygen atoms in total. The molecule has 0 fully saturated rings. The molecule has 1 amide bonds. The van der Waals surface area contributed by atoms with Crippen LogP contribution in [0.2, 0.25) is 0 Å². The third-order valence-electron chi connectivity index (χ3n) is 2.88. The zero-order chi connectivity index (χ0) is 14.5. The zero-order valence-electron chi connectivity index (χ0n) is 11.4. The highest BCUT2D eigenvalue weighted by molar-refractivity contribution is 5.98. The largest absolute Gasteiger partial charge is 0.419 e. The number of anilines is 1. The van der Waals surface area contributed by atoms with Crippen LogP contribution in [0.1, 0.15) is 17.3 Å². The molecule has 0 spiro atoms. The number of carbonyl (C=O) groups is 2. The van der Waals surface area contributed by atoms with Gasteiger partial charge in [-0.05, 0) is 31.2 Å². The summed E-state index contributed by atoms with van der Waals surface area (Å²) in [6.07, 6.45) is -0.537. The van der Waals surface area contributed by atoms with E-state index in [1.807, 2.05) is 18.2 Å². The van der Waals surface area contributed by atoms with E-state index >= 15 is 0 Å². The molecule has 0 bridgehead atoms. The van der Waals surface area contributed by atoms with Gasteiger partial charge in [-0.2, -0.15) is 0 Å². The Bertz CT molecular complexity index is 623.